The van der Waals surface area contributed by atoms with E-state index in [9.17, 15) is 4.79 Å². The SMILES string of the molecule is CCOC(=O)c1sc2[nH]c(=S)[nH]c(=S)c2c1C. The second-order valence-corrected chi connectivity index (χ2v) is 5.23. The predicted octanol–water partition coefficient (Wildman–Crippen LogP) is 3.50. The normalized spacial score (nSPS) is 10.7. The molecule has 0 spiro atoms. The Bertz CT molecular complexity index is 696. The lowest BCUT2D eigenvalue weighted by atomic mass is 10.2. The molecule has 0 saturated heterocycles. The van der Waals surface area contributed by atoms with Gasteiger partial charge in [0.05, 0.1) is 6.61 Å². The minimum atomic E-state index is -0.320. The summed E-state index contributed by atoms with van der Waals surface area (Å²) in [5, 5.41) is 0.835. The van der Waals surface area contributed by atoms with Gasteiger partial charge in [-0.25, -0.2) is 4.79 Å². The van der Waals surface area contributed by atoms with Crippen molar-refractivity contribution in [1.82, 2.24) is 9.97 Å². The van der Waals surface area contributed by atoms with Crippen LogP contribution in [0.5, 0.6) is 0 Å². The van der Waals surface area contributed by atoms with E-state index in [1.54, 1.807) is 6.92 Å². The Morgan fingerprint density at radius 2 is 2.12 bits per heavy atom. The van der Waals surface area contributed by atoms with Crippen molar-refractivity contribution in [3.63, 3.8) is 0 Å². The molecule has 2 aromatic rings. The van der Waals surface area contributed by atoms with Crippen molar-refractivity contribution in [3.8, 4) is 0 Å². The molecule has 0 aliphatic rings. The molecule has 17 heavy (non-hydrogen) atoms. The first-order valence-electron chi connectivity index (χ1n) is 4.97. The molecule has 0 aliphatic heterocycles. The molecule has 4 nitrogen and oxygen atoms in total. The number of fused-ring (bicyclic) bond motifs is 1. The van der Waals surface area contributed by atoms with E-state index in [0.29, 0.717) is 20.9 Å². The minimum Gasteiger partial charge on any atom is -0.462 e. The fraction of sp³-hybridized carbons (Fsp3) is 0.300. The Balaban J connectivity index is 2.73. The first-order valence-corrected chi connectivity index (χ1v) is 6.60. The molecular formula is C10H10N2O2S3. The van der Waals surface area contributed by atoms with Gasteiger partial charge in [0.1, 0.15) is 14.3 Å². The van der Waals surface area contributed by atoms with E-state index in [1.165, 1.54) is 11.3 Å². The van der Waals surface area contributed by atoms with E-state index in [-0.39, 0.29) is 5.97 Å². The van der Waals surface area contributed by atoms with Crippen molar-refractivity contribution in [1.29, 1.82) is 0 Å². The van der Waals surface area contributed by atoms with Crippen LogP contribution in [0, 0.1) is 16.3 Å². The summed E-state index contributed by atoms with van der Waals surface area (Å²) in [6.45, 7) is 3.99. The zero-order chi connectivity index (χ0) is 12.6. The van der Waals surface area contributed by atoms with Gasteiger partial charge < -0.3 is 14.7 Å². The van der Waals surface area contributed by atoms with E-state index in [0.717, 1.165) is 15.8 Å². The molecule has 2 N–H and O–H groups in total. The zero-order valence-electron chi connectivity index (χ0n) is 9.25. The topological polar surface area (TPSA) is 57.9 Å². The molecule has 7 heteroatoms. The Morgan fingerprint density at radius 1 is 1.41 bits per heavy atom. The molecule has 0 aromatic carbocycles. The number of H-pyrrole nitrogens is 2. The van der Waals surface area contributed by atoms with Gasteiger partial charge in [0.2, 0.25) is 0 Å². The average molecular weight is 286 g/mol. The van der Waals surface area contributed by atoms with E-state index >= 15 is 0 Å². The van der Waals surface area contributed by atoms with Crippen LogP contribution in [0.15, 0.2) is 0 Å². The van der Waals surface area contributed by atoms with E-state index in [4.69, 9.17) is 29.2 Å². The third-order valence-corrected chi connectivity index (χ3v) is 3.99. The lowest BCUT2D eigenvalue weighted by Gasteiger charge is -1.98. The summed E-state index contributed by atoms with van der Waals surface area (Å²) in [5.41, 5.74) is 0.830. The second-order valence-electron chi connectivity index (χ2n) is 3.39. The van der Waals surface area contributed by atoms with Gasteiger partial charge in [-0.1, -0.05) is 12.2 Å². The standard InChI is InChI=1S/C10H10N2O2S3/c1-3-14-9(13)6-4(2)5-7(15)11-10(16)12-8(5)17-6/h3H2,1-2H3,(H2,11,12,15,16). The van der Waals surface area contributed by atoms with E-state index in [2.05, 4.69) is 9.97 Å². The molecular weight excluding hydrogens is 276 g/mol. The lowest BCUT2D eigenvalue weighted by molar-refractivity contribution is 0.0531. The molecule has 90 valence electrons. The Hall–Kier alpha value is -1.05. The zero-order valence-corrected chi connectivity index (χ0v) is 11.7. The van der Waals surface area contributed by atoms with Crippen LogP contribution in [-0.4, -0.2) is 22.5 Å². The fourth-order valence-corrected chi connectivity index (χ4v) is 3.43. The van der Waals surface area contributed by atoms with Crippen molar-refractivity contribution in [2.45, 2.75) is 13.8 Å². The maximum Gasteiger partial charge on any atom is 0.348 e. The summed E-state index contributed by atoms with van der Waals surface area (Å²) in [4.78, 5) is 19.0. The predicted molar refractivity (Wildman–Crippen MR) is 72.9 cm³/mol. The van der Waals surface area contributed by atoms with Crippen LogP contribution < -0.4 is 0 Å². The number of aromatic amines is 2. The summed E-state index contributed by atoms with van der Waals surface area (Å²) >= 11 is 11.5. The highest BCUT2D eigenvalue weighted by molar-refractivity contribution is 7.72. The number of hydrogen-bond acceptors (Lipinski definition) is 5. The number of nitrogens with one attached hydrogen (secondary N) is 2. The first-order chi connectivity index (χ1) is 8.04. The summed E-state index contributed by atoms with van der Waals surface area (Å²) in [6, 6.07) is 0. The number of thiophene rings is 1. The molecule has 2 rings (SSSR count). The maximum absolute atomic E-state index is 11.7. The molecule has 2 aromatic heterocycles. The molecule has 0 bridgehead atoms. The number of aryl methyl sites for hydroxylation is 1. The molecule has 0 fully saturated rings. The van der Waals surface area contributed by atoms with E-state index < -0.39 is 0 Å². The molecule has 0 aliphatic carbocycles. The fourth-order valence-electron chi connectivity index (χ4n) is 1.57. The molecule has 0 radical (unpaired) electrons. The highest BCUT2D eigenvalue weighted by atomic mass is 32.1. The number of carbonyl (C=O) groups excluding carboxylic acids is 1. The number of esters is 1. The van der Waals surface area contributed by atoms with Crippen LogP contribution in [0.1, 0.15) is 22.2 Å². The maximum atomic E-state index is 11.7. The Labute approximate surface area is 112 Å². The van der Waals surface area contributed by atoms with Crippen LogP contribution in [0.4, 0.5) is 0 Å². The van der Waals surface area contributed by atoms with Gasteiger partial charge in [0.25, 0.3) is 0 Å². The van der Waals surface area contributed by atoms with Gasteiger partial charge in [-0.2, -0.15) is 0 Å². The largest absolute Gasteiger partial charge is 0.462 e. The van der Waals surface area contributed by atoms with Gasteiger partial charge in [-0.3, -0.25) is 0 Å². The number of rotatable bonds is 2. The van der Waals surface area contributed by atoms with Crippen molar-refractivity contribution < 1.29 is 9.53 Å². The van der Waals surface area contributed by atoms with Gasteiger partial charge in [-0.05, 0) is 31.6 Å². The number of carbonyl (C=O) groups is 1. The quantitative estimate of drug-likeness (QED) is 0.655. The highest BCUT2D eigenvalue weighted by Gasteiger charge is 2.17. The smallest absolute Gasteiger partial charge is 0.348 e. The third-order valence-electron chi connectivity index (χ3n) is 2.29. The third kappa shape index (κ3) is 2.18. The minimum absolute atomic E-state index is 0.320. The van der Waals surface area contributed by atoms with Gasteiger partial charge >= 0.3 is 5.97 Å². The summed E-state index contributed by atoms with van der Waals surface area (Å²) in [5.74, 6) is -0.320. The van der Waals surface area contributed by atoms with Gasteiger partial charge in [0, 0.05) is 5.39 Å². The van der Waals surface area contributed by atoms with Crippen LogP contribution in [0.3, 0.4) is 0 Å². The molecule has 0 saturated carbocycles. The monoisotopic (exact) mass is 286 g/mol. The summed E-state index contributed by atoms with van der Waals surface area (Å²) < 4.78 is 6.00. The van der Waals surface area contributed by atoms with E-state index in [1.807, 2.05) is 6.92 Å². The lowest BCUT2D eigenvalue weighted by Crippen LogP contribution is -2.03. The molecule has 2 heterocycles. The van der Waals surface area contributed by atoms with Gasteiger partial charge in [-0.15, -0.1) is 11.3 Å². The van der Waals surface area contributed by atoms with Crippen LogP contribution in [0.25, 0.3) is 10.2 Å². The van der Waals surface area contributed by atoms with Crippen molar-refractivity contribution in [2.75, 3.05) is 6.61 Å². The average Bonchev–Trinajstić information content (AvgIpc) is 2.56. The second kappa shape index (κ2) is 4.67. The number of aromatic nitrogens is 2. The van der Waals surface area contributed by atoms with Crippen LogP contribution in [0.2, 0.25) is 0 Å². The Morgan fingerprint density at radius 3 is 2.76 bits per heavy atom. The summed E-state index contributed by atoms with van der Waals surface area (Å²) in [7, 11) is 0. The van der Waals surface area contributed by atoms with Crippen LogP contribution in [-0.2, 0) is 4.74 Å². The van der Waals surface area contributed by atoms with Crippen molar-refractivity contribution >= 4 is 52.0 Å². The van der Waals surface area contributed by atoms with Crippen LogP contribution >= 0.6 is 35.8 Å². The molecule has 0 unspecified atom stereocenters. The number of ether oxygens (including phenoxy) is 1. The van der Waals surface area contributed by atoms with Crippen molar-refractivity contribution in [3.05, 3.63) is 19.9 Å². The molecule has 0 amide bonds. The first kappa shape index (κ1) is 12.4. The molecule has 0 atom stereocenters. The van der Waals surface area contributed by atoms with Gasteiger partial charge in [0.15, 0.2) is 4.77 Å². The number of hydrogen-bond donors (Lipinski definition) is 2. The highest BCUT2D eigenvalue weighted by Crippen LogP contribution is 2.30. The van der Waals surface area contributed by atoms with Crippen molar-refractivity contribution in [2.24, 2.45) is 0 Å². The summed E-state index contributed by atoms with van der Waals surface area (Å²) in [6.07, 6.45) is 0. The Kier molecular flexibility index (Phi) is 3.41.